The quantitative estimate of drug-likeness (QED) is 0.658. The summed E-state index contributed by atoms with van der Waals surface area (Å²) in [5.74, 6) is 1.19. The third-order valence-electron chi connectivity index (χ3n) is 3.72. The molecule has 4 rings (SSSR count). The van der Waals surface area contributed by atoms with Crippen molar-refractivity contribution in [2.75, 3.05) is 23.8 Å². The van der Waals surface area contributed by atoms with Crippen LogP contribution in [0.5, 0.6) is 11.5 Å². The Morgan fingerprint density at radius 3 is 2.56 bits per heavy atom. The van der Waals surface area contributed by atoms with Gasteiger partial charge >= 0.3 is 12.2 Å². The minimum Gasteiger partial charge on any atom is -0.486 e. The predicted octanol–water partition coefficient (Wildman–Crippen LogP) is 4.73. The first kappa shape index (κ1) is 17.4. The highest BCUT2D eigenvalue weighted by Crippen LogP contribution is 2.38. The van der Waals surface area contributed by atoms with Gasteiger partial charge in [0.1, 0.15) is 13.2 Å². The molecule has 140 valence electrons. The van der Waals surface area contributed by atoms with E-state index < -0.39 is 17.8 Å². The SMILES string of the molecule is O=C(Nc1cccc(C(F)(F)F)c1)Nc1nc2cc3c(cc2s1)OCCO3. The highest BCUT2D eigenvalue weighted by molar-refractivity contribution is 7.22. The van der Waals surface area contributed by atoms with Gasteiger partial charge in [-0.1, -0.05) is 17.4 Å². The van der Waals surface area contributed by atoms with Gasteiger partial charge in [0.25, 0.3) is 0 Å². The third-order valence-corrected chi connectivity index (χ3v) is 4.65. The monoisotopic (exact) mass is 395 g/mol. The van der Waals surface area contributed by atoms with E-state index in [0.717, 1.165) is 16.8 Å². The summed E-state index contributed by atoms with van der Waals surface area (Å²) in [6.07, 6.45) is -4.48. The number of nitrogens with one attached hydrogen (secondary N) is 2. The molecule has 0 atom stereocenters. The molecule has 0 saturated heterocycles. The number of ether oxygens (including phenoxy) is 2. The van der Waals surface area contributed by atoms with Crippen molar-refractivity contribution in [2.45, 2.75) is 6.18 Å². The number of alkyl halides is 3. The van der Waals surface area contributed by atoms with Crippen LogP contribution in [-0.4, -0.2) is 24.2 Å². The van der Waals surface area contributed by atoms with Gasteiger partial charge < -0.3 is 14.8 Å². The molecule has 0 unspecified atom stereocenters. The number of anilines is 2. The summed E-state index contributed by atoms with van der Waals surface area (Å²) in [6, 6.07) is 7.19. The van der Waals surface area contributed by atoms with Crippen molar-refractivity contribution in [3.63, 3.8) is 0 Å². The molecule has 0 spiro atoms. The smallest absolute Gasteiger partial charge is 0.416 e. The maximum absolute atomic E-state index is 12.7. The van der Waals surface area contributed by atoms with Crippen LogP contribution >= 0.6 is 11.3 Å². The fourth-order valence-electron chi connectivity index (χ4n) is 2.55. The number of urea groups is 1. The molecule has 27 heavy (non-hydrogen) atoms. The maximum atomic E-state index is 12.7. The average Bonchev–Trinajstić information content (AvgIpc) is 2.99. The fourth-order valence-corrected chi connectivity index (χ4v) is 3.42. The van der Waals surface area contributed by atoms with Crippen molar-refractivity contribution in [1.82, 2.24) is 4.98 Å². The van der Waals surface area contributed by atoms with E-state index in [1.807, 2.05) is 0 Å². The second-order valence-electron chi connectivity index (χ2n) is 5.64. The van der Waals surface area contributed by atoms with Crippen molar-refractivity contribution < 1.29 is 27.4 Å². The third kappa shape index (κ3) is 3.75. The largest absolute Gasteiger partial charge is 0.486 e. The highest BCUT2D eigenvalue weighted by Gasteiger charge is 2.30. The molecule has 10 heteroatoms. The molecule has 6 nitrogen and oxygen atoms in total. The number of fused-ring (bicyclic) bond motifs is 2. The topological polar surface area (TPSA) is 72.5 Å². The number of carbonyl (C=O) groups excluding carboxylic acids is 1. The minimum absolute atomic E-state index is 0.0284. The number of benzene rings is 2. The zero-order valence-corrected chi connectivity index (χ0v) is 14.4. The van der Waals surface area contributed by atoms with Crippen LogP contribution in [0.25, 0.3) is 10.2 Å². The van der Waals surface area contributed by atoms with E-state index >= 15 is 0 Å². The van der Waals surface area contributed by atoms with Crippen LogP contribution in [0, 0.1) is 0 Å². The van der Waals surface area contributed by atoms with E-state index in [0.29, 0.717) is 35.4 Å². The summed E-state index contributed by atoms with van der Waals surface area (Å²) in [7, 11) is 0. The molecule has 2 amide bonds. The number of hydrogen-bond acceptors (Lipinski definition) is 5. The molecule has 2 heterocycles. The van der Waals surface area contributed by atoms with Gasteiger partial charge in [0, 0.05) is 17.8 Å². The number of halogens is 3. The molecular weight excluding hydrogens is 383 g/mol. The Labute approximate surface area is 154 Å². The normalized spacial score (nSPS) is 13.4. The first-order chi connectivity index (χ1) is 12.9. The summed E-state index contributed by atoms with van der Waals surface area (Å²) in [5.41, 5.74) is -0.190. The molecule has 0 bridgehead atoms. The van der Waals surface area contributed by atoms with Gasteiger partial charge in [0.2, 0.25) is 0 Å². The maximum Gasteiger partial charge on any atom is 0.416 e. The van der Waals surface area contributed by atoms with Crippen LogP contribution < -0.4 is 20.1 Å². The van der Waals surface area contributed by atoms with Gasteiger partial charge in [-0.15, -0.1) is 0 Å². The zero-order valence-electron chi connectivity index (χ0n) is 13.6. The molecular formula is C17H12F3N3O3S. The minimum atomic E-state index is -4.48. The van der Waals surface area contributed by atoms with Crippen LogP contribution in [0.2, 0.25) is 0 Å². The summed E-state index contributed by atoms with van der Waals surface area (Å²) in [5, 5.41) is 5.20. The molecule has 3 aromatic rings. The van der Waals surface area contributed by atoms with E-state index in [1.54, 1.807) is 12.1 Å². The summed E-state index contributed by atoms with van der Waals surface area (Å²) >= 11 is 1.22. The van der Waals surface area contributed by atoms with E-state index in [4.69, 9.17) is 9.47 Å². The Bertz CT molecular complexity index is 977. The molecule has 0 aliphatic carbocycles. The van der Waals surface area contributed by atoms with Crippen molar-refractivity contribution in [2.24, 2.45) is 0 Å². The number of thiazole rings is 1. The standard InChI is InChI=1S/C17H12F3N3O3S/c18-17(19,20)9-2-1-3-10(6-9)21-15(24)23-16-22-11-7-12-13(8-14(11)27-16)26-5-4-25-12/h1-3,6-8H,4-5H2,(H2,21,22,23,24). The van der Waals surface area contributed by atoms with Crippen molar-refractivity contribution in [1.29, 1.82) is 0 Å². The second-order valence-corrected chi connectivity index (χ2v) is 6.67. The summed E-state index contributed by atoms with van der Waals surface area (Å²) in [4.78, 5) is 16.4. The van der Waals surface area contributed by atoms with E-state index in [-0.39, 0.29) is 5.69 Å². The van der Waals surface area contributed by atoms with Crippen LogP contribution in [0.15, 0.2) is 36.4 Å². The Balaban J connectivity index is 1.50. The first-order valence-corrected chi connectivity index (χ1v) is 8.65. The van der Waals surface area contributed by atoms with E-state index in [2.05, 4.69) is 15.6 Å². The van der Waals surface area contributed by atoms with Gasteiger partial charge in [-0.05, 0) is 18.2 Å². The lowest BCUT2D eigenvalue weighted by atomic mass is 10.2. The molecule has 2 N–H and O–H groups in total. The van der Waals surface area contributed by atoms with Gasteiger partial charge in [-0.3, -0.25) is 5.32 Å². The molecule has 2 aromatic carbocycles. The highest BCUT2D eigenvalue weighted by atomic mass is 32.1. The fraction of sp³-hybridized carbons (Fsp3) is 0.176. The lowest BCUT2D eigenvalue weighted by molar-refractivity contribution is -0.137. The Morgan fingerprint density at radius 2 is 1.81 bits per heavy atom. The van der Waals surface area contributed by atoms with Crippen LogP contribution in [-0.2, 0) is 6.18 Å². The Kier molecular flexibility index (Phi) is 4.27. The summed E-state index contributed by atoms with van der Waals surface area (Å²) < 4.78 is 50.0. The molecule has 1 aromatic heterocycles. The Hall–Kier alpha value is -3.01. The second kappa shape index (κ2) is 6.62. The van der Waals surface area contributed by atoms with Gasteiger partial charge in [-0.25, -0.2) is 9.78 Å². The molecule has 1 aliphatic rings. The number of carbonyl (C=O) groups is 1. The molecule has 0 fully saturated rings. The number of rotatable bonds is 2. The lowest BCUT2D eigenvalue weighted by Crippen LogP contribution is -2.19. The lowest BCUT2D eigenvalue weighted by Gasteiger charge is -2.17. The van der Waals surface area contributed by atoms with Gasteiger partial charge in [0.15, 0.2) is 16.6 Å². The summed E-state index contributed by atoms with van der Waals surface area (Å²) in [6.45, 7) is 0.912. The first-order valence-electron chi connectivity index (χ1n) is 7.84. The van der Waals surface area contributed by atoms with E-state index in [1.165, 1.54) is 23.5 Å². The number of hydrogen-bond donors (Lipinski definition) is 2. The zero-order chi connectivity index (χ0) is 19.0. The van der Waals surface area contributed by atoms with Crippen LogP contribution in [0.1, 0.15) is 5.56 Å². The van der Waals surface area contributed by atoms with Gasteiger partial charge in [-0.2, -0.15) is 13.2 Å². The Morgan fingerprint density at radius 1 is 1.07 bits per heavy atom. The van der Waals surface area contributed by atoms with Gasteiger partial charge in [0.05, 0.1) is 15.8 Å². The average molecular weight is 395 g/mol. The van der Waals surface area contributed by atoms with E-state index in [9.17, 15) is 18.0 Å². The van der Waals surface area contributed by atoms with Crippen molar-refractivity contribution >= 4 is 38.4 Å². The molecule has 0 saturated carbocycles. The number of nitrogens with zero attached hydrogens (tertiary/aromatic N) is 1. The predicted molar refractivity (Wildman–Crippen MR) is 94.7 cm³/mol. The van der Waals surface area contributed by atoms with Crippen LogP contribution in [0.4, 0.5) is 28.8 Å². The van der Waals surface area contributed by atoms with Crippen molar-refractivity contribution in [3.8, 4) is 11.5 Å². The van der Waals surface area contributed by atoms with Crippen molar-refractivity contribution in [3.05, 3.63) is 42.0 Å². The molecule has 0 radical (unpaired) electrons. The van der Waals surface area contributed by atoms with Crippen LogP contribution in [0.3, 0.4) is 0 Å². The number of aromatic nitrogens is 1. The molecule has 1 aliphatic heterocycles. The number of amides is 2.